The Bertz CT molecular complexity index is 790. The number of imide groups is 1. The maximum atomic E-state index is 12.0. The molecule has 2 aromatic rings. The minimum atomic E-state index is -2.99. The number of amides is 2. The number of alkyl halides is 2. The lowest BCUT2D eigenvalue weighted by atomic mass is 10.2. The summed E-state index contributed by atoms with van der Waals surface area (Å²) in [4.78, 5) is 35.2. The maximum absolute atomic E-state index is 12.0. The summed E-state index contributed by atoms with van der Waals surface area (Å²) in [5, 5.41) is 11.1. The summed E-state index contributed by atoms with van der Waals surface area (Å²) in [7, 11) is 0. The van der Waals surface area contributed by atoms with Crippen LogP contribution < -0.4 is 10.1 Å². The van der Waals surface area contributed by atoms with Gasteiger partial charge in [-0.1, -0.05) is 0 Å². The molecule has 0 unspecified atom stereocenters. The summed E-state index contributed by atoms with van der Waals surface area (Å²) in [6.45, 7) is -3.68. The number of carbonyl (C=O) groups excluding carboxylic acids is 3. The van der Waals surface area contributed by atoms with Gasteiger partial charge in [0.1, 0.15) is 11.5 Å². The number of halogens is 2. The molecule has 0 aliphatic carbocycles. The van der Waals surface area contributed by atoms with Crippen molar-refractivity contribution in [3.8, 4) is 11.5 Å². The molecule has 0 heterocycles. The molecule has 0 saturated carbocycles. The average Bonchev–Trinajstić information content (AvgIpc) is 2.60. The number of benzene rings is 2. The highest BCUT2D eigenvalue weighted by atomic mass is 19.3. The Morgan fingerprint density at radius 3 is 2.12 bits per heavy atom. The summed E-state index contributed by atoms with van der Waals surface area (Å²) >= 11 is 0. The molecule has 0 fully saturated rings. The zero-order valence-corrected chi connectivity index (χ0v) is 13.1. The third kappa shape index (κ3) is 5.55. The normalized spacial score (nSPS) is 10.3. The number of nitrogens with one attached hydrogen (secondary N) is 1. The molecule has 136 valence electrons. The van der Waals surface area contributed by atoms with Gasteiger partial charge < -0.3 is 14.6 Å². The van der Waals surface area contributed by atoms with Crippen LogP contribution in [0.3, 0.4) is 0 Å². The van der Waals surface area contributed by atoms with Gasteiger partial charge in [0, 0.05) is 5.56 Å². The first-order valence-corrected chi connectivity index (χ1v) is 7.20. The molecule has 0 aliphatic heterocycles. The number of hydrogen-bond donors (Lipinski definition) is 2. The summed E-state index contributed by atoms with van der Waals surface area (Å²) in [5.41, 5.74) is 0.154. The molecule has 9 heteroatoms. The van der Waals surface area contributed by atoms with Gasteiger partial charge in [0.25, 0.3) is 11.8 Å². The Morgan fingerprint density at radius 2 is 1.54 bits per heavy atom. The second-order valence-electron chi connectivity index (χ2n) is 4.90. The van der Waals surface area contributed by atoms with Gasteiger partial charge in [-0.15, -0.1) is 0 Å². The van der Waals surface area contributed by atoms with Gasteiger partial charge >= 0.3 is 12.6 Å². The van der Waals surface area contributed by atoms with Crippen LogP contribution >= 0.6 is 0 Å². The minimum absolute atomic E-state index is 0.0322. The van der Waals surface area contributed by atoms with Crippen molar-refractivity contribution in [2.24, 2.45) is 0 Å². The van der Waals surface area contributed by atoms with Crippen molar-refractivity contribution >= 4 is 17.8 Å². The predicted molar refractivity (Wildman–Crippen MR) is 83.9 cm³/mol. The number of aromatic hydroxyl groups is 1. The second-order valence-corrected chi connectivity index (χ2v) is 4.90. The van der Waals surface area contributed by atoms with Gasteiger partial charge in [0.05, 0.1) is 5.56 Å². The molecule has 26 heavy (non-hydrogen) atoms. The highest BCUT2D eigenvalue weighted by Crippen LogP contribution is 2.15. The molecule has 0 spiro atoms. The van der Waals surface area contributed by atoms with E-state index >= 15 is 0 Å². The quantitative estimate of drug-likeness (QED) is 0.760. The van der Waals surface area contributed by atoms with Crippen molar-refractivity contribution in [2.75, 3.05) is 6.61 Å². The number of phenols is 1. The van der Waals surface area contributed by atoms with Crippen LogP contribution in [0.2, 0.25) is 0 Å². The molecule has 2 N–H and O–H groups in total. The fourth-order valence-electron chi connectivity index (χ4n) is 1.83. The largest absolute Gasteiger partial charge is 0.508 e. The molecule has 0 bridgehead atoms. The van der Waals surface area contributed by atoms with E-state index in [0.717, 1.165) is 12.1 Å². The zero-order chi connectivity index (χ0) is 19.1. The lowest BCUT2D eigenvalue weighted by Gasteiger charge is -2.07. The molecule has 0 aromatic heterocycles. The second kappa shape index (κ2) is 8.56. The summed E-state index contributed by atoms with van der Waals surface area (Å²) < 4.78 is 33.0. The van der Waals surface area contributed by atoms with E-state index in [0.29, 0.717) is 0 Å². The Morgan fingerprint density at radius 1 is 0.962 bits per heavy atom. The van der Waals surface area contributed by atoms with Crippen molar-refractivity contribution in [1.29, 1.82) is 0 Å². The Kier molecular flexibility index (Phi) is 6.20. The number of hydrogen-bond acceptors (Lipinski definition) is 6. The van der Waals surface area contributed by atoms with Crippen LogP contribution in [-0.2, 0) is 9.53 Å². The average molecular weight is 365 g/mol. The molecule has 0 saturated heterocycles. The summed E-state index contributed by atoms with van der Waals surface area (Å²) in [6, 6.07) is 9.87. The van der Waals surface area contributed by atoms with Crippen LogP contribution in [0.1, 0.15) is 20.7 Å². The van der Waals surface area contributed by atoms with E-state index in [-0.39, 0.29) is 22.6 Å². The molecule has 7 nitrogen and oxygen atoms in total. The van der Waals surface area contributed by atoms with Gasteiger partial charge in [-0.05, 0) is 48.5 Å². The van der Waals surface area contributed by atoms with E-state index in [2.05, 4.69) is 4.74 Å². The zero-order valence-electron chi connectivity index (χ0n) is 13.1. The molecule has 2 aromatic carbocycles. The highest BCUT2D eigenvalue weighted by Gasteiger charge is 2.14. The standard InChI is InChI=1S/C17H13F2NO6/c18-17(19)26-13-7-3-10(4-8-13)15(23)20-14(22)9-25-16(24)11-1-5-12(21)6-2-11/h1-8,17,21H,9H2,(H,20,22,23). The van der Waals surface area contributed by atoms with E-state index in [1.54, 1.807) is 0 Å². The molecular weight excluding hydrogens is 352 g/mol. The van der Waals surface area contributed by atoms with Crippen molar-refractivity contribution in [3.05, 3.63) is 59.7 Å². The van der Waals surface area contributed by atoms with Crippen molar-refractivity contribution in [2.45, 2.75) is 6.61 Å². The van der Waals surface area contributed by atoms with Crippen LogP contribution in [0, 0.1) is 0 Å². The van der Waals surface area contributed by atoms with Gasteiger partial charge in [-0.25, -0.2) is 4.79 Å². The maximum Gasteiger partial charge on any atom is 0.387 e. The van der Waals surface area contributed by atoms with Crippen molar-refractivity contribution in [1.82, 2.24) is 5.32 Å². The van der Waals surface area contributed by atoms with Crippen LogP contribution in [0.15, 0.2) is 48.5 Å². The molecule has 2 rings (SSSR count). The van der Waals surface area contributed by atoms with E-state index < -0.39 is 31.0 Å². The first-order valence-electron chi connectivity index (χ1n) is 7.20. The van der Waals surface area contributed by atoms with Gasteiger partial charge in [0.15, 0.2) is 6.61 Å². The number of phenolic OH excluding ortho intramolecular Hbond substituents is 1. The van der Waals surface area contributed by atoms with Crippen LogP contribution in [0.4, 0.5) is 8.78 Å². The fraction of sp³-hybridized carbons (Fsp3) is 0.118. The summed E-state index contributed by atoms with van der Waals surface area (Å²) in [6.07, 6.45) is 0. The van der Waals surface area contributed by atoms with Crippen molar-refractivity contribution < 1.29 is 37.7 Å². The van der Waals surface area contributed by atoms with E-state index in [1.165, 1.54) is 36.4 Å². The first kappa shape index (κ1) is 18.8. The van der Waals surface area contributed by atoms with E-state index in [1.807, 2.05) is 5.32 Å². The predicted octanol–water partition coefficient (Wildman–Crippen LogP) is 2.11. The fourth-order valence-corrected chi connectivity index (χ4v) is 1.83. The topological polar surface area (TPSA) is 102 Å². The van der Waals surface area contributed by atoms with Gasteiger partial charge in [-0.3, -0.25) is 14.9 Å². The number of rotatable bonds is 6. The highest BCUT2D eigenvalue weighted by molar-refractivity contribution is 6.05. The third-order valence-electron chi connectivity index (χ3n) is 3.03. The molecule has 2 amide bonds. The number of ether oxygens (including phenoxy) is 2. The lowest BCUT2D eigenvalue weighted by molar-refractivity contribution is -0.123. The molecule has 0 atom stereocenters. The number of esters is 1. The van der Waals surface area contributed by atoms with Crippen molar-refractivity contribution in [3.63, 3.8) is 0 Å². The third-order valence-corrected chi connectivity index (χ3v) is 3.03. The number of carbonyl (C=O) groups is 3. The van der Waals surface area contributed by atoms with Crippen LogP contribution in [0.5, 0.6) is 11.5 Å². The lowest BCUT2D eigenvalue weighted by Crippen LogP contribution is -2.34. The Hall–Kier alpha value is -3.49. The van der Waals surface area contributed by atoms with Crippen LogP contribution in [0.25, 0.3) is 0 Å². The Balaban J connectivity index is 1.84. The minimum Gasteiger partial charge on any atom is -0.508 e. The first-order chi connectivity index (χ1) is 12.3. The van der Waals surface area contributed by atoms with Crippen LogP contribution in [-0.4, -0.2) is 36.1 Å². The summed E-state index contributed by atoms with van der Waals surface area (Å²) in [5.74, 6) is -2.63. The monoisotopic (exact) mass is 365 g/mol. The SMILES string of the molecule is O=C(COC(=O)c1ccc(O)cc1)NC(=O)c1ccc(OC(F)F)cc1. The Labute approximate surface area is 146 Å². The van der Waals surface area contributed by atoms with Gasteiger partial charge in [0.2, 0.25) is 0 Å². The van der Waals surface area contributed by atoms with Gasteiger partial charge in [-0.2, -0.15) is 8.78 Å². The molecule has 0 radical (unpaired) electrons. The smallest absolute Gasteiger partial charge is 0.387 e. The molecular formula is C17H13F2NO6. The molecule has 0 aliphatic rings. The van der Waals surface area contributed by atoms with E-state index in [9.17, 15) is 23.2 Å². The van der Waals surface area contributed by atoms with E-state index in [4.69, 9.17) is 9.84 Å².